The molecule has 0 bridgehead atoms. The van der Waals surface area contributed by atoms with Crippen LogP contribution in [0.3, 0.4) is 0 Å². The summed E-state index contributed by atoms with van der Waals surface area (Å²) in [7, 11) is 0. The van der Waals surface area contributed by atoms with Gasteiger partial charge in [0.2, 0.25) is 11.8 Å². The summed E-state index contributed by atoms with van der Waals surface area (Å²) < 4.78 is 0. The summed E-state index contributed by atoms with van der Waals surface area (Å²) in [5, 5.41) is 6.07. The van der Waals surface area contributed by atoms with Crippen molar-refractivity contribution in [2.75, 3.05) is 29.9 Å². The van der Waals surface area contributed by atoms with Gasteiger partial charge in [0, 0.05) is 35.6 Å². The van der Waals surface area contributed by atoms with Gasteiger partial charge in [0.25, 0.3) is 0 Å². The van der Waals surface area contributed by atoms with Crippen LogP contribution >= 0.6 is 22.9 Å². The molecule has 3 heterocycles. The molecule has 4 rings (SSSR count). The predicted octanol–water partition coefficient (Wildman–Crippen LogP) is 3.77. The summed E-state index contributed by atoms with van der Waals surface area (Å²) in [6.45, 7) is 3.42. The minimum Gasteiger partial charge on any atom is -0.312 e. The minimum absolute atomic E-state index is 0.0626. The maximum atomic E-state index is 12.6. The second kappa shape index (κ2) is 8.59. The maximum absolute atomic E-state index is 12.6. The molecule has 0 saturated carbocycles. The van der Waals surface area contributed by atoms with E-state index in [0.717, 1.165) is 31.0 Å². The first kappa shape index (κ1) is 19.4. The molecule has 0 radical (unpaired) electrons. The molecule has 0 spiro atoms. The van der Waals surface area contributed by atoms with E-state index in [0.29, 0.717) is 16.7 Å². The van der Waals surface area contributed by atoms with Gasteiger partial charge in [0.1, 0.15) is 0 Å². The lowest BCUT2D eigenvalue weighted by molar-refractivity contribution is -0.122. The number of thiazole rings is 1. The van der Waals surface area contributed by atoms with Gasteiger partial charge in [-0.05, 0) is 44.1 Å². The highest BCUT2D eigenvalue weighted by Crippen LogP contribution is 2.28. The molecule has 2 saturated heterocycles. The van der Waals surface area contributed by atoms with Crippen LogP contribution in [0, 0.1) is 5.92 Å². The van der Waals surface area contributed by atoms with Crippen LogP contribution in [0.2, 0.25) is 5.02 Å². The fraction of sp³-hybridized carbons (Fsp3) is 0.450. The normalized spacial score (nSPS) is 20.5. The van der Waals surface area contributed by atoms with E-state index in [-0.39, 0.29) is 24.2 Å². The van der Waals surface area contributed by atoms with Crippen LogP contribution in [0.15, 0.2) is 29.6 Å². The van der Waals surface area contributed by atoms with Crippen LogP contribution < -0.4 is 10.2 Å². The predicted molar refractivity (Wildman–Crippen MR) is 112 cm³/mol. The van der Waals surface area contributed by atoms with Crippen LogP contribution in [0.25, 0.3) is 0 Å². The third-order valence-corrected chi connectivity index (χ3v) is 6.27. The zero-order valence-electron chi connectivity index (χ0n) is 15.6. The van der Waals surface area contributed by atoms with E-state index in [1.54, 1.807) is 23.1 Å². The van der Waals surface area contributed by atoms with E-state index >= 15 is 0 Å². The van der Waals surface area contributed by atoms with Crippen molar-refractivity contribution in [2.24, 2.45) is 5.92 Å². The molecule has 2 fully saturated rings. The van der Waals surface area contributed by atoms with E-state index in [9.17, 15) is 9.59 Å². The number of hydrogen-bond acceptors (Lipinski definition) is 5. The Bertz CT molecular complexity index is 865. The summed E-state index contributed by atoms with van der Waals surface area (Å²) in [6, 6.07) is 7.14. The number of likely N-dealkylation sites (tertiary alicyclic amines) is 1. The number of anilines is 2. The van der Waals surface area contributed by atoms with Gasteiger partial charge in [0.15, 0.2) is 5.13 Å². The monoisotopic (exact) mass is 418 g/mol. The molecule has 1 atom stereocenters. The zero-order valence-corrected chi connectivity index (χ0v) is 17.1. The molecule has 148 valence electrons. The number of nitrogens with zero attached hydrogens (tertiary/aromatic N) is 3. The highest BCUT2D eigenvalue weighted by molar-refractivity contribution is 7.13. The second-order valence-corrected chi connectivity index (χ2v) is 8.65. The van der Waals surface area contributed by atoms with Gasteiger partial charge in [-0.15, -0.1) is 11.3 Å². The summed E-state index contributed by atoms with van der Waals surface area (Å²) in [4.78, 5) is 33.6. The molecule has 6 nitrogen and oxygen atoms in total. The third-order valence-electron chi connectivity index (χ3n) is 5.23. The van der Waals surface area contributed by atoms with E-state index in [1.807, 2.05) is 11.4 Å². The lowest BCUT2D eigenvalue weighted by Gasteiger charge is -2.25. The first-order valence-electron chi connectivity index (χ1n) is 9.62. The first-order chi connectivity index (χ1) is 13.6. The average molecular weight is 419 g/mol. The topological polar surface area (TPSA) is 65.5 Å². The average Bonchev–Trinajstić information content (AvgIpc) is 3.29. The number of hydrogen-bond donors (Lipinski definition) is 1. The zero-order chi connectivity index (χ0) is 19.5. The van der Waals surface area contributed by atoms with Gasteiger partial charge in [-0.2, -0.15) is 0 Å². The molecule has 1 aromatic carbocycles. The van der Waals surface area contributed by atoms with Crippen LogP contribution in [0.1, 0.15) is 31.4 Å². The van der Waals surface area contributed by atoms with Crippen LogP contribution in [0.5, 0.6) is 0 Å². The van der Waals surface area contributed by atoms with Gasteiger partial charge < -0.3 is 10.2 Å². The van der Waals surface area contributed by atoms with Gasteiger partial charge in [-0.25, -0.2) is 4.98 Å². The van der Waals surface area contributed by atoms with Crippen molar-refractivity contribution >= 4 is 45.6 Å². The lowest BCUT2D eigenvalue weighted by atomic mass is 10.1. The number of aromatic nitrogens is 1. The third kappa shape index (κ3) is 4.54. The van der Waals surface area contributed by atoms with Crippen molar-refractivity contribution in [2.45, 2.75) is 32.2 Å². The number of rotatable bonds is 5. The lowest BCUT2D eigenvalue weighted by Crippen LogP contribution is -2.29. The van der Waals surface area contributed by atoms with Crippen molar-refractivity contribution in [1.82, 2.24) is 9.88 Å². The van der Waals surface area contributed by atoms with Crippen LogP contribution in [-0.2, 0) is 16.1 Å². The number of halogens is 1. The molecular formula is C20H23ClN4O2S. The molecule has 1 aromatic heterocycles. The Hall–Kier alpha value is -1.96. The largest absolute Gasteiger partial charge is 0.312 e. The Kier molecular flexibility index (Phi) is 5.94. The SMILES string of the molecule is O=C(Nc1nc(CN2CCCCC2)cs1)C1CC(=O)N(c2cccc(Cl)c2)C1. The molecule has 2 aliphatic heterocycles. The van der Waals surface area contributed by atoms with Crippen molar-refractivity contribution in [3.8, 4) is 0 Å². The number of nitrogens with one attached hydrogen (secondary N) is 1. The summed E-state index contributed by atoms with van der Waals surface area (Å²) in [6.07, 6.45) is 3.99. The highest BCUT2D eigenvalue weighted by Gasteiger charge is 2.35. The second-order valence-electron chi connectivity index (χ2n) is 7.36. The fourth-order valence-corrected chi connectivity index (χ4v) is 4.66. The molecule has 2 aliphatic rings. The molecule has 1 unspecified atom stereocenters. The Morgan fingerprint density at radius 3 is 2.89 bits per heavy atom. The smallest absolute Gasteiger partial charge is 0.231 e. The summed E-state index contributed by atoms with van der Waals surface area (Å²) in [5.41, 5.74) is 1.72. The Labute approximate surface area is 173 Å². The summed E-state index contributed by atoms with van der Waals surface area (Å²) in [5.74, 6) is -0.606. The van der Waals surface area contributed by atoms with Gasteiger partial charge in [-0.3, -0.25) is 14.5 Å². The summed E-state index contributed by atoms with van der Waals surface area (Å²) >= 11 is 7.46. The van der Waals surface area contributed by atoms with Crippen molar-refractivity contribution < 1.29 is 9.59 Å². The highest BCUT2D eigenvalue weighted by atomic mass is 35.5. The van der Waals surface area contributed by atoms with Gasteiger partial charge >= 0.3 is 0 Å². The molecule has 2 aromatic rings. The van der Waals surface area contributed by atoms with Gasteiger partial charge in [-0.1, -0.05) is 24.1 Å². The van der Waals surface area contributed by atoms with E-state index in [2.05, 4.69) is 15.2 Å². The minimum atomic E-state index is -0.388. The number of carbonyl (C=O) groups excluding carboxylic acids is 2. The fourth-order valence-electron chi connectivity index (χ4n) is 3.77. The number of benzene rings is 1. The number of piperidine rings is 1. The maximum Gasteiger partial charge on any atom is 0.231 e. The molecule has 28 heavy (non-hydrogen) atoms. The Morgan fingerprint density at radius 1 is 1.29 bits per heavy atom. The van der Waals surface area contributed by atoms with Crippen molar-refractivity contribution in [1.29, 1.82) is 0 Å². The quantitative estimate of drug-likeness (QED) is 0.802. The molecule has 2 amide bonds. The molecule has 0 aliphatic carbocycles. The molecule has 1 N–H and O–H groups in total. The number of amides is 2. The Morgan fingerprint density at radius 2 is 2.11 bits per heavy atom. The van der Waals surface area contributed by atoms with Gasteiger partial charge in [0.05, 0.1) is 11.6 Å². The van der Waals surface area contributed by atoms with E-state index in [1.165, 1.54) is 30.6 Å². The molecule has 8 heteroatoms. The standard InChI is InChI=1S/C20H23ClN4O2S/c21-15-5-4-6-17(10-15)25-11-14(9-18(25)26)19(27)23-20-22-16(13-28-20)12-24-7-2-1-3-8-24/h4-6,10,13-14H,1-3,7-9,11-12H2,(H,22,23,27). The number of carbonyl (C=O) groups is 2. The van der Waals surface area contributed by atoms with Crippen LogP contribution in [0.4, 0.5) is 10.8 Å². The van der Waals surface area contributed by atoms with E-state index < -0.39 is 0 Å². The first-order valence-corrected chi connectivity index (χ1v) is 10.9. The van der Waals surface area contributed by atoms with Crippen LogP contribution in [-0.4, -0.2) is 41.3 Å². The van der Waals surface area contributed by atoms with E-state index in [4.69, 9.17) is 11.6 Å². The molecular weight excluding hydrogens is 396 g/mol. The Balaban J connectivity index is 1.34. The van der Waals surface area contributed by atoms with Crippen molar-refractivity contribution in [3.63, 3.8) is 0 Å². The van der Waals surface area contributed by atoms with Crippen molar-refractivity contribution in [3.05, 3.63) is 40.4 Å².